The topological polar surface area (TPSA) is 129 Å². The van der Waals surface area contributed by atoms with E-state index in [1.807, 2.05) is 36.1 Å². The van der Waals surface area contributed by atoms with E-state index in [-0.39, 0.29) is 11.9 Å². The maximum atomic E-state index is 13.7. The standard InChI is InChI=1S/C27H27N7O3/c1-18-13-24(37-22-10-8-20(9-11-22)25(28)35)32-26(31-18)23-7-2-3-12-34(23)27(36)21-6-4-5-19(14-21)15-33-17-29-16-30-33/h4-6,8-11,13-14,16-17,23H,2-3,7,12,15H2,1H3,(H2,28,35)/t23-/m1/s1. The van der Waals surface area contributed by atoms with Crippen LogP contribution in [-0.4, -0.2) is 48.0 Å². The molecule has 37 heavy (non-hydrogen) atoms. The highest BCUT2D eigenvalue weighted by Gasteiger charge is 2.31. The molecular formula is C27H27N7O3. The highest BCUT2D eigenvalue weighted by Crippen LogP contribution is 2.32. The molecule has 0 saturated carbocycles. The lowest BCUT2D eigenvalue weighted by Crippen LogP contribution is -2.39. The van der Waals surface area contributed by atoms with Gasteiger partial charge in [-0.2, -0.15) is 10.1 Å². The third kappa shape index (κ3) is 5.64. The smallest absolute Gasteiger partial charge is 0.254 e. The number of carbonyl (C=O) groups is 2. The van der Waals surface area contributed by atoms with Gasteiger partial charge in [-0.25, -0.2) is 14.6 Å². The molecule has 1 atom stereocenters. The molecule has 10 heteroatoms. The largest absolute Gasteiger partial charge is 0.439 e. The van der Waals surface area contributed by atoms with Crippen molar-refractivity contribution in [3.8, 4) is 11.6 Å². The lowest BCUT2D eigenvalue weighted by molar-refractivity contribution is 0.0598. The van der Waals surface area contributed by atoms with Crippen molar-refractivity contribution in [2.45, 2.75) is 38.8 Å². The number of carbonyl (C=O) groups excluding carboxylic acids is 2. The van der Waals surface area contributed by atoms with Crippen LogP contribution in [0.15, 0.2) is 67.3 Å². The summed E-state index contributed by atoms with van der Waals surface area (Å²) in [6.45, 7) is 3.03. The summed E-state index contributed by atoms with van der Waals surface area (Å²) in [6, 6.07) is 15.6. The van der Waals surface area contributed by atoms with E-state index in [9.17, 15) is 9.59 Å². The van der Waals surface area contributed by atoms with Crippen molar-refractivity contribution in [2.75, 3.05) is 6.54 Å². The Bertz CT molecular complexity index is 1400. The van der Waals surface area contributed by atoms with Gasteiger partial charge in [0.15, 0.2) is 5.82 Å². The highest BCUT2D eigenvalue weighted by molar-refractivity contribution is 5.94. The van der Waals surface area contributed by atoms with Gasteiger partial charge in [0.05, 0.1) is 12.6 Å². The van der Waals surface area contributed by atoms with Crippen LogP contribution in [0.4, 0.5) is 0 Å². The molecule has 2 aromatic carbocycles. The molecule has 0 spiro atoms. The van der Waals surface area contributed by atoms with E-state index in [2.05, 4.69) is 20.1 Å². The summed E-state index contributed by atoms with van der Waals surface area (Å²) >= 11 is 0. The van der Waals surface area contributed by atoms with E-state index < -0.39 is 5.91 Å². The molecule has 2 amide bonds. The van der Waals surface area contributed by atoms with E-state index in [0.717, 1.165) is 30.5 Å². The Balaban J connectivity index is 1.38. The Morgan fingerprint density at radius 1 is 1.05 bits per heavy atom. The van der Waals surface area contributed by atoms with E-state index >= 15 is 0 Å². The Morgan fingerprint density at radius 2 is 1.89 bits per heavy atom. The molecule has 1 fully saturated rings. The van der Waals surface area contributed by atoms with Crippen LogP contribution in [0.2, 0.25) is 0 Å². The molecule has 10 nitrogen and oxygen atoms in total. The van der Waals surface area contributed by atoms with Gasteiger partial charge in [0.2, 0.25) is 11.8 Å². The lowest BCUT2D eigenvalue weighted by Gasteiger charge is -2.35. The molecule has 3 heterocycles. The van der Waals surface area contributed by atoms with Crippen LogP contribution in [0.1, 0.15) is 63.1 Å². The average molecular weight is 498 g/mol. The third-order valence-electron chi connectivity index (χ3n) is 6.26. The van der Waals surface area contributed by atoms with Crippen molar-refractivity contribution in [3.05, 3.63) is 95.5 Å². The van der Waals surface area contributed by atoms with E-state index in [0.29, 0.717) is 41.7 Å². The number of hydrogen-bond acceptors (Lipinski definition) is 7. The van der Waals surface area contributed by atoms with Crippen molar-refractivity contribution < 1.29 is 14.3 Å². The predicted molar refractivity (Wildman–Crippen MR) is 135 cm³/mol. The second-order valence-electron chi connectivity index (χ2n) is 9.00. The number of amides is 2. The van der Waals surface area contributed by atoms with Crippen LogP contribution in [-0.2, 0) is 6.54 Å². The molecule has 5 rings (SSSR count). The number of rotatable bonds is 7. The van der Waals surface area contributed by atoms with Crippen LogP contribution in [0, 0.1) is 6.92 Å². The number of hydrogen-bond donors (Lipinski definition) is 1. The maximum Gasteiger partial charge on any atom is 0.254 e. The van der Waals surface area contributed by atoms with Gasteiger partial charge in [-0.05, 0) is 68.1 Å². The minimum atomic E-state index is -0.502. The first-order valence-corrected chi connectivity index (χ1v) is 12.1. The number of likely N-dealkylation sites (tertiary alicyclic amines) is 1. The molecule has 0 unspecified atom stereocenters. The van der Waals surface area contributed by atoms with Gasteiger partial charge < -0.3 is 15.4 Å². The SMILES string of the molecule is Cc1cc(Oc2ccc(C(N)=O)cc2)nc([C@H]2CCCCN2C(=O)c2cccc(Cn3cncn3)c2)n1. The number of piperidine rings is 1. The number of ether oxygens (including phenoxy) is 1. The third-order valence-corrected chi connectivity index (χ3v) is 6.26. The van der Waals surface area contributed by atoms with Gasteiger partial charge in [-0.3, -0.25) is 9.59 Å². The summed E-state index contributed by atoms with van der Waals surface area (Å²) in [4.78, 5) is 40.2. The molecule has 0 aliphatic carbocycles. The molecule has 1 saturated heterocycles. The van der Waals surface area contributed by atoms with Gasteiger partial charge >= 0.3 is 0 Å². The van der Waals surface area contributed by atoms with Crippen molar-refractivity contribution in [1.82, 2.24) is 29.6 Å². The van der Waals surface area contributed by atoms with Crippen LogP contribution in [0.25, 0.3) is 0 Å². The summed E-state index contributed by atoms with van der Waals surface area (Å²) < 4.78 is 7.67. The molecule has 1 aliphatic rings. The molecule has 0 bridgehead atoms. The van der Waals surface area contributed by atoms with Crippen LogP contribution in [0.5, 0.6) is 11.6 Å². The molecule has 0 radical (unpaired) electrons. The molecule has 2 aromatic heterocycles. The van der Waals surface area contributed by atoms with Crippen molar-refractivity contribution in [2.24, 2.45) is 5.73 Å². The van der Waals surface area contributed by atoms with Crippen LogP contribution in [0.3, 0.4) is 0 Å². The van der Waals surface area contributed by atoms with Crippen molar-refractivity contribution >= 4 is 11.8 Å². The zero-order valence-electron chi connectivity index (χ0n) is 20.4. The zero-order valence-corrected chi connectivity index (χ0v) is 20.4. The van der Waals surface area contributed by atoms with Gasteiger partial charge in [-0.1, -0.05) is 12.1 Å². The summed E-state index contributed by atoms with van der Waals surface area (Å²) in [5.74, 6) is 0.894. The summed E-state index contributed by atoms with van der Waals surface area (Å²) in [5.41, 5.74) is 8.03. The number of nitrogens with zero attached hydrogens (tertiary/aromatic N) is 6. The Kier molecular flexibility index (Phi) is 6.89. The lowest BCUT2D eigenvalue weighted by atomic mass is 9.99. The minimum Gasteiger partial charge on any atom is -0.439 e. The molecular weight excluding hydrogens is 470 g/mol. The van der Waals surface area contributed by atoms with Crippen LogP contribution >= 0.6 is 0 Å². The first-order valence-electron chi connectivity index (χ1n) is 12.1. The second kappa shape index (κ2) is 10.6. The van der Waals surface area contributed by atoms with Gasteiger partial charge in [0, 0.05) is 29.4 Å². The highest BCUT2D eigenvalue weighted by atomic mass is 16.5. The number of nitrogens with two attached hydrogens (primary N) is 1. The number of aromatic nitrogens is 5. The number of primary amides is 1. The minimum absolute atomic E-state index is 0.0558. The van der Waals surface area contributed by atoms with E-state index in [1.54, 1.807) is 41.3 Å². The van der Waals surface area contributed by atoms with E-state index in [4.69, 9.17) is 10.5 Å². The summed E-state index contributed by atoms with van der Waals surface area (Å²) in [5, 5.41) is 4.15. The van der Waals surface area contributed by atoms with Crippen molar-refractivity contribution in [1.29, 1.82) is 0 Å². The molecule has 4 aromatic rings. The van der Waals surface area contributed by atoms with Crippen molar-refractivity contribution in [3.63, 3.8) is 0 Å². The molecule has 1 aliphatic heterocycles. The fourth-order valence-corrected chi connectivity index (χ4v) is 4.48. The van der Waals surface area contributed by atoms with Gasteiger partial charge in [0.25, 0.3) is 5.91 Å². The first kappa shape index (κ1) is 24.1. The fourth-order valence-electron chi connectivity index (χ4n) is 4.48. The summed E-state index contributed by atoms with van der Waals surface area (Å²) in [6.07, 6.45) is 5.80. The average Bonchev–Trinajstić information content (AvgIpc) is 3.41. The fraction of sp³-hybridized carbons (Fsp3) is 0.259. The second-order valence-corrected chi connectivity index (χ2v) is 9.00. The summed E-state index contributed by atoms with van der Waals surface area (Å²) in [7, 11) is 0. The number of benzene rings is 2. The zero-order chi connectivity index (χ0) is 25.8. The quantitative estimate of drug-likeness (QED) is 0.412. The monoisotopic (exact) mass is 497 g/mol. The Labute approximate surface area is 214 Å². The maximum absolute atomic E-state index is 13.7. The molecule has 188 valence electrons. The predicted octanol–water partition coefficient (Wildman–Crippen LogP) is 3.68. The first-order chi connectivity index (χ1) is 18.0. The Morgan fingerprint density at radius 3 is 2.65 bits per heavy atom. The normalized spacial score (nSPS) is 15.4. The molecule has 2 N–H and O–H groups in total. The van der Waals surface area contributed by atoms with Gasteiger partial charge in [0.1, 0.15) is 18.4 Å². The number of aryl methyl sites for hydroxylation is 1. The van der Waals surface area contributed by atoms with Gasteiger partial charge in [-0.15, -0.1) is 0 Å². The Hall–Kier alpha value is -4.60. The van der Waals surface area contributed by atoms with Crippen LogP contribution < -0.4 is 10.5 Å². The van der Waals surface area contributed by atoms with E-state index in [1.165, 1.54) is 6.33 Å².